The highest BCUT2D eigenvalue weighted by molar-refractivity contribution is 5.69. The Labute approximate surface area is 111 Å². The molecule has 5 heteroatoms. The van der Waals surface area contributed by atoms with Gasteiger partial charge in [0.1, 0.15) is 6.61 Å². The number of esters is 1. The number of hydrogen-bond acceptors (Lipinski definition) is 3. The summed E-state index contributed by atoms with van der Waals surface area (Å²) in [5, 5.41) is 0. The molecule has 19 heavy (non-hydrogen) atoms. The molecule has 0 amide bonds. The summed E-state index contributed by atoms with van der Waals surface area (Å²) in [7, 11) is 0. The Morgan fingerprint density at radius 2 is 1.95 bits per heavy atom. The van der Waals surface area contributed by atoms with Crippen LogP contribution >= 0.6 is 0 Å². The van der Waals surface area contributed by atoms with Crippen LogP contribution in [0.15, 0.2) is 30.3 Å². The van der Waals surface area contributed by atoms with Crippen molar-refractivity contribution in [2.45, 2.75) is 32.3 Å². The van der Waals surface area contributed by atoms with Crippen LogP contribution in [0.4, 0.5) is 8.78 Å². The van der Waals surface area contributed by atoms with Crippen molar-refractivity contribution in [1.29, 1.82) is 0 Å². The van der Waals surface area contributed by atoms with E-state index in [1.807, 2.05) is 18.2 Å². The maximum atomic E-state index is 13.4. The fourth-order valence-electron chi connectivity index (χ4n) is 1.48. The predicted octanol–water partition coefficient (Wildman–Crippen LogP) is 3.18. The second-order valence-corrected chi connectivity index (χ2v) is 4.14. The average molecular weight is 272 g/mol. The molecule has 0 aromatic heterocycles. The van der Waals surface area contributed by atoms with Crippen LogP contribution in [0.2, 0.25) is 0 Å². The molecular formula is C14H18F2O3. The number of alkyl halides is 2. The van der Waals surface area contributed by atoms with Gasteiger partial charge < -0.3 is 9.47 Å². The monoisotopic (exact) mass is 272 g/mol. The Kier molecular flexibility index (Phi) is 6.42. The van der Waals surface area contributed by atoms with E-state index in [0.717, 1.165) is 5.56 Å². The van der Waals surface area contributed by atoms with Crippen LogP contribution < -0.4 is 0 Å². The van der Waals surface area contributed by atoms with Crippen LogP contribution in [0, 0.1) is 0 Å². The SMILES string of the molecule is CCOC(=O)CCC(F)(F)COCc1ccccc1. The second kappa shape index (κ2) is 7.84. The van der Waals surface area contributed by atoms with Gasteiger partial charge in [-0.15, -0.1) is 0 Å². The molecule has 0 bridgehead atoms. The molecule has 0 unspecified atom stereocenters. The van der Waals surface area contributed by atoms with Crippen LogP contribution in [0.25, 0.3) is 0 Å². The van der Waals surface area contributed by atoms with Crippen molar-refractivity contribution < 1.29 is 23.0 Å². The van der Waals surface area contributed by atoms with Crippen molar-refractivity contribution in [3.8, 4) is 0 Å². The van der Waals surface area contributed by atoms with Gasteiger partial charge in [0.2, 0.25) is 0 Å². The third kappa shape index (κ3) is 6.86. The minimum absolute atomic E-state index is 0.135. The van der Waals surface area contributed by atoms with Gasteiger partial charge in [0.15, 0.2) is 0 Å². The zero-order valence-corrected chi connectivity index (χ0v) is 10.9. The molecule has 0 saturated heterocycles. The lowest BCUT2D eigenvalue weighted by atomic mass is 10.2. The van der Waals surface area contributed by atoms with Gasteiger partial charge >= 0.3 is 5.97 Å². The number of carbonyl (C=O) groups is 1. The van der Waals surface area contributed by atoms with Crippen molar-refractivity contribution in [2.75, 3.05) is 13.2 Å². The van der Waals surface area contributed by atoms with Gasteiger partial charge in [0.05, 0.1) is 19.6 Å². The largest absolute Gasteiger partial charge is 0.466 e. The molecule has 0 spiro atoms. The van der Waals surface area contributed by atoms with Gasteiger partial charge in [-0.3, -0.25) is 4.79 Å². The molecule has 0 saturated carbocycles. The van der Waals surface area contributed by atoms with E-state index < -0.39 is 24.9 Å². The Morgan fingerprint density at radius 1 is 1.26 bits per heavy atom. The van der Waals surface area contributed by atoms with Crippen LogP contribution in [0.1, 0.15) is 25.3 Å². The van der Waals surface area contributed by atoms with Crippen LogP contribution in [0.3, 0.4) is 0 Å². The van der Waals surface area contributed by atoms with E-state index in [1.165, 1.54) is 0 Å². The quantitative estimate of drug-likeness (QED) is 0.682. The fourth-order valence-corrected chi connectivity index (χ4v) is 1.48. The lowest BCUT2D eigenvalue weighted by Crippen LogP contribution is -2.25. The Bertz CT molecular complexity index is 380. The number of benzene rings is 1. The van der Waals surface area contributed by atoms with Crippen molar-refractivity contribution in [2.24, 2.45) is 0 Å². The topological polar surface area (TPSA) is 35.5 Å². The molecule has 0 radical (unpaired) electrons. The van der Waals surface area contributed by atoms with Crippen LogP contribution in [0.5, 0.6) is 0 Å². The van der Waals surface area contributed by atoms with E-state index in [9.17, 15) is 13.6 Å². The van der Waals surface area contributed by atoms with Gasteiger partial charge in [-0.25, -0.2) is 8.78 Å². The molecule has 0 aliphatic carbocycles. The number of ether oxygens (including phenoxy) is 2. The summed E-state index contributed by atoms with van der Waals surface area (Å²) in [6.45, 7) is 1.28. The molecule has 106 valence electrons. The molecule has 1 aromatic carbocycles. The predicted molar refractivity (Wildman–Crippen MR) is 66.9 cm³/mol. The first-order chi connectivity index (χ1) is 9.03. The minimum Gasteiger partial charge on any atom is -0.466 e. The first-order valence-electron chi connectivity index (χ1n) is 6.18. The van der Waals surface area contributed by atoms with Gasteiger partial charge in [0, 0.05) is 6.42 Å². The molecule has 0 aliphatic rings. The molecular weight excluding hydrogens is 254 g/mol. The van der Waals surface area contributed by atoms with Crippen LogP contribution in [-0.2, 0) is 20.9 Å². The van der Waals surface area contributed by atoms with Crippen LogP contribution in [-0.4, -0.2) is 25.1 Å². The van der Waals surface area contributed by atoms with E-state index in [2.05, 4.69) is 4.74 Å². The highest BCUT2D eigenvalue weighted by Gasteiger charge is 2.30. The zero-order valence-electron chi connectivity index (χ0n) is 10.9. The number of rotatable bonds is 8. The summed E-state index contributed by atoms with van der Waals surface area (Å²) in [5.74, 6) is -3.62. The normalized spacial score (nSPS) is 11.3. The van der Waals surface area contributed by atoms with Gasteiger partial charge in [-0.1, -0.05) is 30.3 Å². The maximum Gasteiger partial charge on any atom is 0.305 e. The maximum absolute atomic E-state index is 13.4. The second-order valence-electron chi connectivity index (χ2n) is 4.14. The molecule has 1 aromatic rings. The van der Waals surface area contributed by atoms with Crippen molar-refractivity contribution in [3.63, 3.8) is 0 Å². The smallest absolute Gasteiger partial charge is 0.305 e. The zero-order chi connectivity index (χ0) is 14.1. The summed E-state index contributed by atoms with van der Waals surface area (Å²) in [5.41, 5.74) is 0.837. The molecule has 3 nitrogen and oxygen atoms in total. The number of halogens is 2. The number of carbonyl (C=O) groups excluding carboxylic acids is 1. The van der Waals surface area contributed by atoms with Gasteiger partial charge in [-0.2, -0.15) is 0 Å². The fraction of sp³-hybridized carbons (Fsp3) is 0.500. The third-order valence-electron chi connectivity index (χ3n) is 2.42. The molecule has 0 fully saturated rings. The van der Waals surface area contributed by atoms with E-state index in [-0.39, 0.29) is 19.6 Å². The molecule has 0 N–H and O–H groups in total. The Hall–Kier alpha value is -1.49. The van der Waals surface area contributed by atoms with Crippen molar-refractivity contribution in [3.05, 3.63) is 35.9 Å². The third-order valence-corrected chi connectivity index (χ3v) is 2.42. The lowest BCUT2D eigenvalue weighted by molar-refractivity contribution is -0.147. The highest BCUT2D eigenvalue weighted by Crippen LogP contribution is 2.21. The summed E-state index contributed by atoms with van der Waals surface area (Å²) in [6, 6.07) is 9.08. The Morgan fingerprint density at radius 3 is 2.58 bits per heavy atom. The average Bonchev–Trinajstić information content (AvgIpc) is 2.38. The summed E-state index contributed by atoms with van der Waals surface area (Å²) < 4.78 is 36.4. The molecule has 0 heterocycles. The van der Waals surface area contributed by atoms with E-state index in [0.29, 0.717) is 0 Å². The molecule has 0 atom stereocenters. The molecule has 1 rings (SSSR count). The van der Waals surface area contributed by atoms with Gasteiger partial charge in [-0.05, 0) is 12.5 Å². The summed E-state index contributed by atoms with van der Waals surface area (Å²) >= 11 is 0. The molecule has 0 aliphatic heterocycles. The summed E-state index contributed by atoms with van der Waals surface area (Å²) in [4.78, 5) is 11.0. The Balaban J connectivity index is 2.24. The van der Waals surface area contributed by atoms with Crippen molar-refractivity contribution in [1.82, 2.24) is 0 Å². The first kappa shape index (κ1) is 15.6. The van der Waals surface area contributed by atoms with E-state index in [4.69, 9.17) is 4.74 Å². The highest BCUT2D eigenvalue weighted by atomic mass is 19.3. The van der Waals surface area contributed by atoms with Gasteiger partial charge in [0.25, 0.3) is 5.92 Å². The number of hydrogen-bond donors (Lipinski definition) is 0. The lowest BCUT2D eigenvalue weighted by Gasteiger charge is -2.16. The standard InChI is InChI=1S/C14H18F2O3/c1-2-19-13(17)8-9-14(15,16)11-18-10-12-6-4-3-5-7-12/h3-7H,2,8-11H2,1H3. The summed E-state index contributed by atoms with van der Waals surface area (Å²) in [6.07, 6.45) is -0.851. The van der Waals surface area contributed by atoms with E-state index in [1.54, 1.807) is 19.1 Å². The minimum atomic E-state index is -3.01. The first-order valence-corrected chi connectivity index (χ1v) is 6.18. The van der Waals surface area contributed by atoms with Crippen molar-refractivity contribution >= 4 is 5.97 Å². The van der Waals surface area contributed by atoms with E-state index >= 15 is 0 Å².